The molecule has 13 heavy (non-hydrogen) atoms. The molecule has 1 unspecified atom stereocenters. The molecule has 1 aromatic heterocycles. The van der Waals surface area contributed by atoms with Gasteiger partial charge in [0.15, 0.2) is 0 Å². The van der Waals surface area contributed by atoms with Crippen molar-refractivity contribution < 1.29 is 0 Å². The minimum Gasteiger partial charge on any atom is -0.241 e. The molecular formula is C10H15ClN2. The van der Waals surface area contributed by atoms with E-state index in [1.54, 1.807) is 6.33 Å². The first-order valence-electron chi connectivity index (χ1n) is 4.66. The van der Waals surface area contributed by atoms with Crippen molar-refractivity contribution in [3.63, 3.8) is 0 Å². The second-order valence-electron chi connectivity index (χ2n) is 3.24. The van der Waals surface area contributed by atoms with Gasteiger partial charge >= 0.3 is 0 Å². The summed E-state index contributed by atoms with van der Waals surface area (Å²) in [4.78, 5) is 8.35. The molecule has 2 nitrogen and oxygen atoms in total. The lowest BCUT2D eigenvalue weighted by Crippen LogP contribution is -2.02. The summed E-state index contributed by atoms with van der Waals surface area (Å²) < 4.78 is 0. The molecule has 1 aromatic rings. The molecule has 0 aliphatic rings. The largest absolute Gasteiger partial charge is 0.241 e. The number of halogens is 1. The van der Waals surface area contributed by atoms with Crippen LogP contribution in [-0.4, -0.2) is 15.3 Å². The fraction of sp³-hybridized carbons (Fsp3) is 0.600. The van der Waals surface area contributed by atoms with Gasteiger partial charge in [-0.15, -0.1) is 11.6 Å². The first-order chi connectivity index (χ1) is 6.22. The Morgan fingerprint density at radius 1 is 1.38 bits per heavy atom. The second kappa shape index (κ2) is 5.18. The van der Waals surface area contributed by atoms with Gasteiger partial charge < -0.3 is 0 Å². The Labute approximate surface area is 84.4 Å². The third-order valence-electron chi connectivity index (χ3n) is 1.78. The highest BCUT2D eigenvalue weighted by Gasteiger charge is 2.02. The molecule has 1 atom stereocenters. The molecule has 0 saturated carbocycles. The molecule has 0 bridgehead atoms. The van der Waals surface area contributed by atoms with Crippen LogP contribution in [0.2, 0.25) is 0 Å². The zero-order chi connectivity index (χ0) is 9.68. The van der Waals surface area contributed by atoms with E-state index in [1.807, 2.05) is 13.0 Å². The van der Waals surface area contributed by atoms with Crippen LogP contribution in [0.4, 0.5) is 0 Å². The Hall–Kier alpha value is -0.630. The van der Waals surface area contributed by atoms with E-state index < -0.39 is 0 Å². The normalized spacial score (nSPS) is 12.8. The van der Waals surface area contributed by atoms with Crippen LogP contribution in [0.5, 0.6) is 0 Å². The van der Waals surface area contributed by atoms with Gasteiger partial charge in [-0.3, -0.25) is 0 Å². The molecule has 0 radical (unpaired) electrons. The summed E-state index contributed by atoms with van der Waals surface area (Å²) in [6, 6.07) is 2.04. The topological polar surface area (TPSA) is 25.8 Å². The molecule has 0 aliphatic carbocycles. The Bertz CT molecular complexity index is 261. The number of aryl methyl sites for hydroxylation is 1. The SMILES string of the molecule is CCCc1cc(CC(C)Cl)ncn1. The minimum absolute atomic E-state index is 0.143. The van der Waals surface area contributed by atoms with Crippen LogP contribution in [0.25, 0.3) is 0 Å². The zero-order valence-corrected chi connectivity index (χ0v) is 8.88. The highest BCUT2D eigenvalue weighted by Crippen LogP contribution is 2.06. The van der Waals surface area contributed by atoms with E-state index in [4.69, 9.17) is 11.6 Å². The third-order valence-corrected chi connectivity index (χ3v) is 1.93. The summed E-state index contributed by atoms with van der Waals surface area (Å²) in [7, 11) is 0. The van der Waals surface area contributed by atoms with E-state index in [0.717, 1.165) is 30.7 Å². The van der Waals surface area contributed by atoms with E-state index in [9.17, 15) is 0 Å². The predicted octanol–water partition coefficient (Wildman–Crippen LogP) is 2.60. The van der Waals surface area contributed by atoms with Crippen LogP contribution in [0.15, 0.2) is 12.4 Å². The Kier molecular flexibility index (Phi) is 4.16. The lowest BCUT2D eigenvalue weighted by molar-refractivity contribution is 0.832. The summed E-state index contributed by atoms with van der Waals surface area (Å²) in [6.07, 6.45) is 4.58. The van der Waals surface area contributed by atoms with Crippen molar-refractivity contribution >= 4 is 11.6 Å². The van der Waals surface area contributed by atoms with Gasteiger partial charge in [0.2, 0.25) is 0 Å². The summed E-state index contributed by atoms with van der Waals surface area (Å²) >= 11 is 5.88. The van der Waals surface area contributed by atoms with Crippen molar-refractivity contribution in [2.75, 3.05) is 0 Å². The van der Waals surface area contributed by atoms with Crippen LogP contribution >= 0.6 is 11.6 Å². The highest BCUT2D eigenvalue weighted by molar-refractivity contribution is 6.20. The second-order valence-corrected chi connectivity index (χ2v) is 3.98. The number of rotatable bonds is 4. The average molecular weight is 199 g/mol. The minimum atomic E-state index is 0.143. The smallest absolute Gasteiger partial charge is 0.115 e. The standard InChI is InChI=1S/C10H15ClN2/c1-3-4-9-6-10(5-8(2)11)13-7-12-9/h6-8H,3-5H2,1-2H3. The van der Waals surface area contributed by atoms with Gasteiger partial charge in [0, 0.05) is 23.2 Å². The molecule has 3 heteroatoms. The van der Waals surface area contributed by atoms with Crippen LogP contribution in [0.3, 0.4) is 0 Å². The van der Waals surface area contributed by atoms with Crippen LogP contribution in [0, 0.1) is 0 Å². The molecule has 72 valence electrons. The van der Waals surface area contributed by atoms with Crippen molar-refractivity contribution in [1.82, 2.24) is 9.97 Å². The van der Waals surface area contributed by atoms with E-state index in [2.05, 4.69) is 16.9 Å². The van der Waals surface area contributed by atoms with E-state index in [0.29, 0.717) is 0 Å². The molecule has 0 saturated heterocycles. The summed E-state index contributed by atoms with van der Waals surface area (Å²) in [5, 5.41) is 0.143. The zero-order valence-electron chi connectivity index (χ0n) is 8.13. The van der Waals surface area contributed by atoms with Crippen LogP contribution < -0.4 is 0 Å². The van der Waals surface area contributed by atoms with E-state index >= 15 is 0 Å². The predicted molar refractivity (Wildman–Crippen MR) is 55.0 cm³/mol. The van der Waals surface area contributed by atoms with Gasteiger partial charge in [0.1, 0.15) is 6.33 Å². The van der Waals surface area contributed by atoms with Crippen molar-refractivity contribution in [2.24, 2.45) is 0 Å². The third kappa shape index (κ3) is 3.73. The molecule has 0 aliphatic heterocycles. The molecule has 0 N–H and O–H groups in total. The number of nitrogens with zero attached hydrogens (tertiary/aromatic N) is 2. The van der Waals surface area contributed by atoms with Crippen molar-refractivity contribution in [3.8, 4) is 0 Å². The molecule has 0 amide bonds. The fourth-order valence-electron chi connectivity index (χ4n) is 1.24. The molecule has 0 aromatic carbocycles. The Balaban J connectivity index is 2.67. The summed E-state index contributed by atoms with van der Waals surface area (Å²) in [5.41, 5.74) is 2.16. The van der Waals surface area contributed by atoms with Gasteiger partial charge in [-0.2, -0.15) is 0 Å². The number of hydrogen-bond donors (Lipinski definition) is 0. The van der Waals surface area contributed by atoms with Gasteiger partial charge in [0.25, 0.3) is 0 Å². The van der Waals surface area contributed by atoms with Gasteiger partial charge in [-0.25, -0.2) is 9.97 Å². The summed E-state index contributed by atoms with van der Waals surface area (Å²) in [5.74, 6) is 0. The van der Waals surface area contributed by atoms with Crippen molar-refractivity contribution in [2.45, 2.75) is 38.5 Å². The van der Waals surface area contributed by atoms with Crippen LogP contribution in [0.1, 0.15) is 31.7 Å². The van der Waals surface area contributed by atoms with Crippen molar-refractivity contribution in [3.05, 3.63) is 23.8 Å². The monoisotopic (exact) mass is 198 g/mol. The molecule has 0 fully saturated rings. The Morgan fingerprint density at radius 3 is 2.69 bits per heavy atom. The molecular weight excluding hydrogens is 184 g/mol. The number of aromatic nitrogens is 2. The van der Waals surface area contributed by atoms with Gasteiger partial charge in [-0.05, 0) is 19.4 Å². The molecule has 1 heterocycles. The summed E-state index contributed by atoms with van der Waals surface area (Å²) in [6.45, 7) is 4.12. The first kappa shape index (κ1) is 10.5. The van der Waals surface area contributed by atoms with E-state index in [-0.39, 0.29) is 5.38 Å². The van der Waals surface area contributed by atoms with Crippen molar-refractivity contribution in [1.29, 1.82) is 0 Å². The van der Waals surface area contributed by atoms with E-state index in [1.165, 1.54) is 0 Å². The Morgan fingerprint density at radius 2 is 2.08 bits per heavy atom. The van der Waals surface area contributed by atoms with Gasteiger partial charge in [0.05, 0.1) is 0 Å². The maximum Gasteiger partial charge on any atom is 0.115 e. The van der Waals surface area contributed by atoms with Gasteiger partial charge in [-0.1, -0.05) is 13.3 Å². The lowest BCUT2D eigenvalue weighted by Gasteiger charge is -2.03. The quantitative estimate of drug-likeness (QED) is 0.696. The maximum atomic E-state index is 5.88. The first-order valence-corrected chi connectivity index (χ1v) is 5.10. The molecule has 0 spiro atoms. The lowest BCUT2D eigenvalue weighted by atomic mass is 10.2. The highest BCUT2D eigenvalue weighted by atomic mass is 35.5. The molecule has 1 rings (SSSR count). The number of hydrogen-bond acceptors (Lipinski definition) is 2. The average Bonchev–Trinajstić information content (AvgIpc) is 2.04. The fourth-order valence-corrected chi connectivity index (χ4v) is 1.39. The van der Waals surface area contributed by atoms with Crippen LogP contribution in [-0.2, 0) is 12.8 Å². The maximum absolute atomic E-state index is 5.88. The number of alkyl halides is 1.